The van der Waals surface area contributed by atoms with Crippen LogP contribution in [0.1, 0.15) is 16.7 Å². The molecule has 2 aromatic carbocycles. The van der Waals surface area contributed by atoms with Gasteiger partial charge in [-0.2, -0.15) is 4.98 Å². The Balaban J connectivity index is 1.60. The first-order chi connectivity index (χ1) is 12.1. The summed E-state index contributed by atoms with van der Waals surface area (Å²) in [4.78, 5) is 8.82. The number of aryl methyl sites for hydroxylation is 2. The minimum Gasteiger partial charge on any atom is -0.370 e. The maximum atomic E-state index is 5.91. The summed E-state index contributed by atoms with van der Waals surface area (Å²) in [6.45, 7) is 4.95. The molecule has 0 aliphatic heterocycles. The van der Waals surface area contributed by atoms with E-state index in [0.717, 1.165) is 29.5 Å². The standard InChI is InChI=1S/C20H21ClN4/c1-14-3-8-18(15(2)13-14)24-20-23-12-10-19(25-20)22-11-9-16-4-6-17(21)7-5-16/h3-8,10,12-13H,9,11H2,1-2H3,(H2,22,23,24,25). The monoisotopic (exact) mass is 352 g/mol. The number of benzene rings is 2. The van der Waals surface area contributed by atoms with E-state index in [1.165, 1.54) is 16.7 Å². The Morgan fingerprint density at radius 1 is 1.00 bits per heavy atom. The van der Waals surface area contributed by atoms with Crippen LogP contribution in [0.2, 0.25) is 5.02 Å². The van der Waals surface area contributed by atoms with E-state index >= 15 is 0 Å². The van der Waals surface area contributed by atoms with Crippen LogP contribution in [0.4, 0.5) is 17.5 Å². The van der Waals surface area contributed by atoms with E-state index in [-0.39, 0.29) is 0 Å². The fourth-order valence-electron chi connectivity index (χ4n) is 2.58. The van der Waals surface area contributed by atoms with E-state index in [1.54, 1.807) is 6.20 Å². The zero-order chi connectivity index (χ0) is 17.6. The lowest BCUT2D eigenvalue weighted by atomic mass is 10.1. The molecule has 0 atom stereocenters. The second kappa shape index (κ2) is 7.99. The molecule has 0 saturated carbocycles. The van der Waals surface area contributed by atoms with E-state index < -0.39 is 0 Å². The van der Waals surface area contributed by atoms with Gasteiger partial charge < -0.3 is 10.6 Å². The van der Waals surface area contributed by atoms with Gasteiger partial charge in [0.1, 0.15) is 5.82 Å². The highest BCUT2D eigenvalue weighted by Gasteiger charge is 2.03. The molecule has 2 N–H and O–H groups in total. The molecule has 128 valence electrons. The first-order valence-corrected chi connectivity index (χ1v) is 8.63. The van der Waals surface area contributed by atoms with Crippen LogP contribution >= 0.6 is 11.6 Å². The molecular formula is C20H21ClN4. The highest BCUT2D eigenvalue weighted by Crippen LogP contribution is 2.20. The summed E-state index contributed by atoms with van der Waals surface area (Å²) in [5, 5.41) is 7.37. The summed E-state index contributed by atoms with van der Waals surface area (Å²) in [6.07, 6.45) is 2.66. The molecule has 3 aromatic rings. The number of anilines is 3. The third-order valence-electron chi connectivity index (χ3n) is 3.92. The molecule has 5 heteroatoms. The van der Waals surface area contributed by atoms with Crippen LogP contribution in [0.15, 0.2) is 54.7 Å². The number of nitrogens with zero attached hydrogens (tertiary/aromatic N) is 2. The smallest absolute Gasteiger partial charge is 0.229 e. The Morgan fingerprint density at radius 3 is 2.56 bits per heavy atom. The minimum atomic E-state index is 0.587. The van der Waals surface area contributed by atoms with Gasteiger partial charge in [-0.05, 0) is 55.7 Å². The number of aromatic nitrogens is 2. The lowest BCUT2D eigenvalue weighted by Gasteiger charge is -2.10. The van der Waals surface area contributed by atoms with Crippen molar-refractivity contribution in [1.82, 2.24) is 9.97 Å². The van der Waals surface area contributed by atoms with Crippen molar-refractivity contribution in [3.63, 3.8) is 0 Å². The molecule has 0 unspecified atom stereocenters. The van der Waals surface area contributed by atoms with E-state index in [2.05, 4.69) is 52.6 Å². The molecule has 0 bridgehead atoms. The summed E-state index contributed by atoms with van der Waals surface area (Å²) in [5.41, 5.74) is 4.66. The van der Waals surface area contributed by atoms with Crippen LogP contribution in [0, 0.1) is 13.8 Å². The first-order valence-electron chi connectivity index (χ1n) is 8.26. The second-order valence-electron chi connectivity index (χ2n) is 6.01. The third kappa shape index (κ3) is 4.94. The number of nitrogens with one attached hydrogen (secondary N) is 2. The molecule has 25 heavy (non-hydrogen) atoms. The van der Waals surface area contributed by atoms with Crippen molar-refractivity contribution in [2.24, 2.45) is 0 Å². The Kier molecular flexibility index (Phi) is 5.51. The number of rotatable bonds is 6. The average molecular weight is 353 g/mol. The van der Waals surface area contributed by atoms with Gasteiger partial charge in [0.15, 0.2) is 0 Å². The van der Waals surface area contributed by atoms with E-state index in [0.29, 0.717) is 5.95 Å². The van der Waals surface area contributed by atoms with Gasteiger partial charge in [0.2, 0.25) is 5.95 Å². The maximum Gasteiger partial charge on any atom is 0.229 e. The Bertz CT molecular complexity index is 847. The Hall–Kier alpha value is -2.59. The highest BCUT2D eigenvalue weighted by atomic mass is 35.5. The molecule has 0 fully saturated rings. The lowest BCUT2D eigenvalue weighted by Crippen LogP contribution is -2.08. The van der Waals surface area contributed by atoms with Crippen LogP contribution in [0.3, 0.4) is 0 Å². The normalized spacial score (nSPS) is 10.5. The summed E-state index contributed by atoms with van der Waals surface area (Å²) >= 11 is 5.91. The quantitative estimate of drug-likeness (QED) is 0.644. The molecular weight excluding hydrogens is 332 g/mol. The number of hydrogen-bond donors (Lipinski definition) is 2. The molecule has 0 amide bonds. The van der Waals surface area contributed by atoms with Gasteiger partial charge >= 0.3 is 0 Å². The van der Waals surface area contributed by atoms with Crippen LogP contribution < -0.4 is 10.6 Å². The van der Waals surface area contributed by atoms with Gasteiger partial charge in [0.05, 0.1) is 0 Å². The SMILES string of the molecule is Cc1ccc(Nc2nccc(NCCc3ccc(Cl)cc3)n2)c(C)c1. The van der Waals surface area contributed by atoms with Crippen LogP contribution in [-0.4, -0.2) is 16.5 Å². The molecule has 1 aromatic heterocycles. The predicted octanol–water partition coefficient (Wildman–Crippen LogP) is 5.15. The predicted molar refractivity (Wildman–Crippen MR) is 105 cm³/mol. The van der Waals surface area contributed by atoms with Crippen molar-refractivity contribution in [3.8, 4) is 0 Å². The summed E-state index contributed by atoms with van der Waals surface area (Å²) in [7, 11) is 0. The molecule has 0 radical (unpaired) electrons. The van der Waals surface area contributed by atoms with Crippen LogP contribution in [-0.2, 0) is 6.42 Å². The second-order valence-corrected chi connectivity index (χ2v) is 6.45. The van der Waals surface area contributed by atoms with Gasteiger partial charge in [-0.25, -0.2) is 4.98 Å². The fraction of sp³-hybridized carbons (Fsp3) is 0.200. The van der Waals surface area contributed by atoms with Crippen molar-refractivity contribution in [2.75, 3.05) is 17.2 Å². The zero-order valence-electron chi connectivity index (χ0n) is 14.4. The molecule has 3 rings (SSSR count). The van der Waals surface area contributed by atoms with Crippen molar-refractivity contribution in [3.05, 3.63) is 76.4 Å². The first kappa shape index (κ1) is 17.2. The summed E-state index contributed by atoms with van der Waals surface area (Å²) in [5.74, 6) is 1.39. The van der Waals surface area contributed by atoms with Crippen molar-refractivity contribution >= 4 is 29.1 Å². The number of halogens is 1. The van der Waals surface area contributed by atoms with Crippen LogP contribution in [0.5, 0.6) is 0 Å². The molecule has 0 spiro atoms. The molecule has 0 aliphatic rings. The minimum absolute atomic E-state index is 0.587. The fourth-order valence-corrected chi connectivity index (χ4v) is 2.70. The third-order valence-corrected chi connectivity index (χ3v) is 4.17. The topological polar surface area (TPSA) is 49.8 Å². The van der Waals surface area contributed by atoms with Gasteiger partial charge in [-0.15, -0.1) is 0 Å². The molecule has 1 heterocycles. The van der Waals surface area contributed by atoms with E-state index in [1.807, 2.05) is 30.3 Å². The van der Waals surface area contributed by atoms with Gasteiger partial charge in [-0.3, -0.25) is 0 Å². The van der Waals surface area contributed by atoms with Crippen molar-refractivity contribution in [1.29, 1.82) is 0 Å². The largest absolute Gasteiger partial charge is 0.370 e. The maximum absolute atomic E-state index is 5.91. The summed E-state index contributed by atoms with van der Waals surface area (Å²) in [6, 6.07) is 16.0. The Morgan fingerprint density at radius 2 is 1.80 bits per heavy atom. The number of hydrogen-bond acceptors (Lipinski definition) is 4. The van der Waals surface area contributed by atoms with Crippen molar-refractivity contribution in [2.45, 2.75) is 20.3 Å². The van der Waals surface area contributed by atoms with E-state index in [4.69, 9.17) is 11.6 Å². The van der Waals surface area contributed by atoms with Crippen molar-refractivity contribution < 1.29 is 0 Å². The highest BCUT2D eigenvalue weighted by molar-refractivity contribution is 6.30. The van der Waals surface area contributed by atoms with Gasteiger partial charge in [-0.1, -0.05) is 41.4 Å². The van der Waals surface area contributed by atoms with E-state index in [9.17, 15) is 0 Å². The van der Waals surface area contributed by atoms with Crippen LogP contribution in [0.25, 0.3) is 0 Å². The van der Waals surface area contributed by atoms with Gasteiger partial charge in [0.25, 0.3) is 0 Å². The lowest BCUT2D eigenvalue weighted by molar-refractivity contribution is 1.00. The van der Waals surface area contributed by atoms with Gasteiger partial charge in [0, 0.05) is 23.5 Å². The zero-order valence-corrected chi connectivity index (χ0v) is 15.1. The molecule has 4 nitrogen and oxygen atoms in total. The Labute approximate surface area is 153 Å². The average Bonchev–Trinajstić information content (AvgIpc) is 2.60. The molecule has 0 saturated heterocycles. The molecule has 0 aliphatic carbocycles. The summed E-state index contributed by atoms with van der Waals surface area (Å²) < 4.78 is 0.